The predicted octanol–water partition coefficient (Wildman–Crippen LogP) is -0.313. The lowest BCUT2D eigenvalue weighted by Crippen LogP contribution is -2.48. The van der Waals surface area contributed by atoms with Crippen molar-refractivity contribution in [2.75, 3.05) is 20.2 Å². The first-order valence-corrected chi connectivity index (χ1v) is 6.37. The Morgan fingerprint density at radius 2 is 2.14 bits per heavy atom. The Bertz CT molecular complexity index is 262. The van der Waals surface area contributed by atoms with Crippen LogP contribution < -0.4 is 4.72 Å². The third kappa shape index (κ3) is 2.66. The van der Waals surface area contributed by atoms with E-state index in [1.54, 1.807) is 0 Å². The fraction of sp³-hybridized carbons (Fsp3) is 1.00. The van der Waals surface area contributed by atoms with E-state index in [-0.39, 0.29) is 12.6 Å². The lowest BCUT2D eigenvalue weighted by molar-refractivity contribution is 0.197. The number of hydrogen-bond acceptors (Lipinski definition) is 3. The molecule has 0 amide bonds. The largest absolute Gasteiger partial charge is 0.396 e. The van der Waals surface area contributed by atoms with E-state index in [2.05, 4.69) is 4.72 Å². The molecular weight excluding hydrogens is 204 g/mol. The Balaban J connectivity index is 2.60. The maximum Gasteiger partial charge on any atom is 0.279 e. The number of hydrogen-bond donors (Lipinski definition) is 2. The third-order valence-corrected chi connectivity index (χ3v) is 4.20. The van der Waals surface area contributed by atoms with E-state index in [1.165, 1.54) is 11.4 Å². The third-order valence-electron chi connectivity index (χ3n) is 2.59. The van der Waals surface area contributed by atoms with Crippen LogP contribution in [0.3, 0.4) is 0 Å². The quantitative estimate of drug-likeness (QED) is 0.647. The van der Waals surface area contributed by atoms with Gasteiger partial charge in [0.25, 0.3) is 10.2 Å². The zero-order valence-electron chi connectivity index (χ0n) is 8.44. The van der Waals surface area contributed by atoms with Gasteiger partial charge in [-0.25, -0.2) is 4.72 Å². The molecule has 0 aromatic rings. The molecule has 2 N–H and O–H groups in total. The van der Waals surface area contributed by atoms with Gasteiger partial charge < -0.3 is 5.11 Å². The van der Waals surface area contributed by atoms with Crippen molar-refractivity contribution in [3.8, 4) is 0 Å². The zero-order valence-corrected chi connectivity index (χ0v) is 9.26. The van der Waals surface area contributed by atoms with Gasteiger partial charge in [0.1, 0.15) is 0 Å². The molecule has 1 aliphatic carbocycles. The fourth-order valence-corrected chi connectivity index (χ4v) is 2.72. The molecule has 0 radical (unpaired) electrons. The van der Waals surface area contributed by atoms with Crippen molar-refractivity contribution in [3.05, 3.63) is 0 Å². The molecule has 0 saturated heterocycles. The van der Waals surface area contributed by atoms with Crippen LogP contribution in [0.2, 0.25) is 0 Å². The molecule has 1 rings (SSSR count). The first kappa shape index (κ1) is 11.9. The van der Waals surface area contributed by atoms with Crippen molar-refractivity contribution in [3.63, 3.8) is 0 Å². The highest BCUT2D eigenvalue weighted by Gasteiger charge is 2.32. The molecule has 5 nitrogen and oxygen atoms in total. The number of aliphatic hydroxyl groups excluding tert-OH is 1. The van der Waals surface area contributed by atoms with Gasteiger partial charge in [-0.15, -0.1) is 0 Å². The second-order valence-electron chi connectivity index (χ2n) is 3.48. The summed E-state index contributed by atoms with van der Waals surface area (Å²) >= 11 is 0. The van der Waals surface area contributed by atoms with Crippen molar-refractivity contribution in [1.82, 2.24) is 9.03 Å². The lowest BCUT2D eigenvalue weighted by Gasteiger charge is -2.36. The summed E-state index contributed by atoms with van der Waals surface area (Å²) < 4.78 is 26.9. The second-order valence-corrected chi connectivity index (χ2v) is 5.31. The second kappa shape index (κ2) is 5.06. The molecule has 0 bridgehead atoms. The Labute approximate surface area is 85.3 Å². The van der Waals surface area contributed by atoms with E-state index in [1.807, 2.05) is 0 Å². The van der Waals surface area contributed by atoms with Crippen LogP contribution in [0.15, 0.2) is 0 Å². The molecule has 0 atom stereocenters. The summed E-state index contributed by atoms with van der Waals surface area (Å²) in [4.78, 5) is 0. The zero-order chi connectivity index (χ0) is 10.6. The SMILES string of the molecule is CNS(=O)(=O)N(CCCO)C1CCC1. The first-order chi connectivity index (χ1) is 6.61. The molecule has 14 heavy (non-hydrogen) atoms. The van der Waals surface area contributed by atoms with Gasteiger partial charge >= 0.3 is 0 Å². The molecule has 0 spiro atoms. The van der Waals surface area contributed by atoms with E-state index in [0.29, 0.717) is 13.0 Å². The smallest absolute Gasteiger partial charge is 0.279 e. The predicted molar refractivity (Wildman–Crippen MR) is 54.0 cm³/mol. The Morgan fingerprint density at radius 3 is 2.50 bits per heavy atom. The Morgan fingerprint density at radius 1 is 1.50 bits per heavy atom. The molecule has 84 valence electrons. The minimum atomic E-state index is -3.32. The van der Waals surface area contributed by atoms with Crippen LogP contribution in [0.4, 0.5) is 0 Å². The average Bonchev–Trinajstić information content (AvgIpc) is 2.08. The van der Waals surface area contributed by atoms with Crippen LogP contribution in [0.1, 0.15) is 25.7 Å². The topological polar surface area (TPSA) is 69.6 Å². The van der Waals surface area contributed by atoms with E-state index in [4.69, 9.17) is 5.11 Å². The Hall–Kier alpha value is -0.170. The first-order valence-electron chi connectivity index (χ1n) is 4.93. The van der Waals surface area contributed by atoms with Gasteiger partial charge in [0, 0.05) is 26.2 Å². The molecule has 0 aromatic heterocycles. The maximum atomic E-state index is 11.6. The highest BCUT2D eigenvalue weighted by Crippen LogP contribution is 2.26. The number of nitrogens with one attached hydrogen (secondary N) is 1. The average molecular weight is 222 g/mol. The number of aliphatic hydroxyl groups is 1. The number of nitrogens with zero attached hydrogens (tertiary/aromatic N) is 1. The Kier molecular flexibility index (Phi) is 4.31. The van der Waals surface area contributed by atoms with Crippen molar-refractivity contribution in [2.24, 2.45) is 0 Å². The highest BCUT2D eigenvalue weighted by molar-refractivity contribution is 7.87. The molecular formula is C8H18N2O3S. The van der Waals surface area contributed by atoms with Crippen molar-refractivity contribution in [2.45, 2.75) is 31.7 Å². The van der Waals surface area contributed by atoms with Gasteiger partial charge in [-0.3, -0.25) is 0 Å². The van der Waals surface area contributed by atoms with Gasteiger partial charge in [0.05, 0.1) is 0 Å². The van der Waals surface area contributed by atoms with E-state index >= 15 is 0 Å². The monoisotopic (exact) mass is 222 g/mol. The molecule has 0 heterocycles. The number of rotatable bonds is 6. The van der Waals surface area contributed by atoms with Crippen LogP contribution in [0, 0.1) is 0 Å². The highest BCUT2D eigenvalue weighted by atomic mass is 32.2. The maximum absolute atomic E-state index is 11.6. The molecule has 1 saturated carbocycles. The van der Waals surface area contributed by atoms with E-state index in [9.17, 15) is 8.42 Å². The molecule has 1 fully saturated rings. The van der Waals surface area contributed by atoms with Crippen LogP contribution in [-0.2, 0) is 10.2 Å². The summed E-state index contributed by atoms with van der Waals surface area (Å²) in [5, 5.41) is 8.68. The summed E-state index contributed by atoms with van der Waals surface area (Å²) in [7, 11) is -1.90. The summed E-state index contributed by atoms with van der Waals surface area (Å²) in [5.41, 5.74) is 0. The summed E-state index contributed by atoms with van der Waals surface area (Å²) in [6.45, 7) is 0.437. The van der Waals surface area contributed by atoms with Crippen LogP contribution in [0.5, 0.6) is 0 Å². The minimum Gasteiger partial charge on any atom is -0.396 e. The normalized spacial score (nSPS) is 18.5. The minimum absolute atomic E-state index is 0.0302. The van der Waals surface area contributed by atoms with Crippen molar-refractivity contribution >= 4 is 10.2 Å². The lowest BCUT2D eigenvalue weighted by atomic mass is 9.93. The van der Waals surface area contributed by atoms with Crippen LogP contribution in [-0.4, -0.2) is 44.1 Å². The van der Waals surface area contributed by atoms with Crippen molar-refractivity contribution < 1.29 is 13.5 Å². The standard InChI is InChI=1S/C8H18N2O3S/c1-9-14(12,13)10(6-3-7-11)8-4-2-5-8/h8-9,11H,2-7H2,1H3. The van der Waals surface area contributed by atoms with E-state index < -0.39 is 10.2 Å². The summed E-state index contributed by atoms with van der Waals surface area (Å²) in [5.74, 6) is 0. The van der Waals surface area contributed by atoms with Crippen LogP contribution >= 0.6 is 0 Å². The fourth-order valence-electron chi connectivity index (χ4n) is 1.52. The van der Waals surface area contributed by atoms with Gasteiger partial charge in [-0.2, -0.15) is 12.7 Å². The van der Waals surface area contributed by atoms with Crippen molar-refractivity contribution in [1.29, 1.82) is 0 Å². The molecule has 1 aliphatic rings. The van der Waals surface area contributed by atoms with Gasteiger partial charge in [0.2, 0.25) is 0 Å². The molecule has 6 heteroatoms. The van der Waals surface area contributed by atoms with Crippen LogP contribution in [0.25, 0.3) is 0 Å². The summed E-state index contributed by atoms with van der Waals surface area (Å²) in [6, 6.07) is 0.138. The molecule has 0 unspecified atom stereocenters. The molecule has 0 aromatic carbocycles. The summed E-state index contributed by atoms with van der Waals surface area (Å²) in [6.07, 6.45) is 3.47. The van der Waals surface area contributed by atoms with E-state index in [0.717, 1.165) is 19.3 Å². The van der Waals surface area contributed by atoms with Gasteiger partial charge in [0.15, 0.2) is 0 Å². The van der Waals surface area contributed by atoms with Gasteiger partial charge in [-0.05, 0) is 19.3 Å². The van der Waals surface area contributed by atoms with Gasteiger partial charge in [-0.1, -0.05) is 6.42 Å². The molecule has 0 aliphatic heterocycles.